The average Bonchev–Trinajstić information content (AvgIpc) is 2.77. The Morgan fingerprint density at radius 1 is 1.47 bits per heavy atom. The monoisotopic (exact) mass is 240 g/mol. The zero-order valence-corrected chi connectivity index (χ0v) is 10.1. The van der Waals surface area contributed by atoms with Gasteiger partial charge in [0, 0.05) is 19.7 Å². The Kier molecular flexibility index (Phi) is 3.82. The number of hydrogen-bond acceptors (Lipinski definition) is 4. The van der Waals surface area contributed by atoms with Crippen LogP contribution < -0.4 is 0 Å². The van der Waals surface area contributed by atoms with Crippen molar-refractivity contribution < 1.29 is 14.7 Å². The molecular formula is C10H16N4O3. The van der Waals surface area contributed by atoms with E-state index < -0.39 is 11.5 Å². The fourth-order valence-electron chi connectivity index (χ4n) is 1.19. The van der Waals surface area contributed by atoms with Crippen LogP contribution in [-0.2, 0) is 16.1 Å². The number of carbonyl (C=O) groups excluding carboxylic acids is 1. The van der Waals surface area contributed by atoms with Crippen molar-refractivity contribution in [2.24, 2.45) is 0 Å². The quantitative estimate of drug-likeness (QED) is 0.782. The van der Waals surface area contributed by atoms with Crippen LogP contribution in [0.1, 0.15) is 20.3 Å². The third-order valence-electron chi connectivity index (χ3n) is 2.76. The minimum atomic E-state index is -1.21. The van der Waals surface area contributed by atoms with E-state index in [1.807, 2.05) is 0 Å². The Balaban J connectivity index is 2.56. The molecule has 1 heterocycles. The minimum absolute atomic E-state index is 0.191. The van der Waals surface area contributed by atoms with Crippen LogP contribution in [0.2, 0.25) is 0 Å². The maximum absolute atomic E-state index is 11.8. The second-order valence-corrected chi connectivity index (χ2v) is 4.23. The van der Waals surface area contributed by atoms with Gasteiger partial charge < -0.3 is 10.0 Å². The van der Waals surface area contributed by atoms with Gasteiger partial charge in [-0.25, -0.2) is 4.79 Å². The number of rotatable bonds is 5. The number of carbonyl (C=O) groups is 2. The van der Waals surface area contributed by atoms with Crippen molar-refractivity contribution in [3.8, 4) is 0 Å². The number of likely N-dealkylation sites (N-methyl/N-ethyl adjacent to an activating group) is 1. The average molecular weight is 240 g/mol. The van der Waals surface area contributed by atoms with Crippen LogP contribution in [0, 0.1) is 0 Å². The molecular weight excluding hydrogens is 224 g/mol. The first kappa shape index (κ1) is 13.1. The van der Waals surface area contributed by atoms with E-state index in [2.05, 4.69) is 10.3 Å². The summed E-state index contributed by atoms with van der Waals surface area (Å²) in [6, 6.07) is 0. The normalized spacial score (nSPS) is 11.2. The third-order valence-corrected chi connectivity index (χ3v) is 2.76. The number of aryl methyl sites for hydroxylation is 1. The Hall–Kier alpha value is -1.92. The molecule has 7 heteroatoms. The van der Waals surface area contributed by atoms with E-state index in [0.29, 0.717) is 6.54 Å². The van der Waals surface area contributed by atoms with Gasteiger partial charge in [0.1, 0.15) is 5.54 Å². The Labute approximate surface area is 99.0 Å². The van der Waals surface area contributed by atoms with Gasteiger partial charge in [-0.3, -0.25) is 9.48 Å². The highest BCUT2D eigenvalue weighted by atomic mass is 16.4. The summed E-state index contributed by atoms with van der Waals surface area (Å²) in [6.07, 6.45) is 3.36. The lowest BCUT2D eigenvalue weighted by Gasteiger charge is -2.31. The van der Waals surface area contributed by atoms with Gasteiger partial charge in [-0.05, 0) is 13.8 Å². The van der Waals surface area contributed by atoms with Crippen molar-refractivity contribution >= 4 is 11.9 Å². The molecule has 0 saturated heterocycles. The van der Waals surface area contributed by atoms with E-state index in [9.17, 15) is 9.59 Å². The van der Waals surface area contributed by atoms with E-state index in [0.717, 1.165) is 0 Å². The van der Waals surface area contributed by atoms with E-state index in [-0.39, 0.29) is 12.3 Å². The Morgan fingerprint density at radius 3 is 2.59 bits per heavy atom. The van der Waals surface area contributed by atoms with E-state index in [4.69, 9.17) is 5.11 Å². The molecule has 0 aromatic carbocycles. The smallest absolute Gasteiger partial charge is 0.329 e. The molecule has 0 aliphatic heterocycles. The topological polar surface area (TPSA) is 88.3 Å². The Bertz CT molecular complexity index is 400. The van der Waals surface area contributed by atoms with Crippen LogP contribution in [-0.4, -0.2) is 49.5 Å². The highest BCUT2D eigenvalue weighted by Crippen LogP contribution is 2.13. The van der Waals surface area contributed by atoms with E-state index in [1.165, 1.54) is 36.7 Å². The summed E-state index contributed by atoms with van der Waals surface area (Å²) in [4.78, 5) is 24.0. The van der Waals surface area contributed by atoms with Crippen molar-refractivity contribution in [2.45, 2.75) is 32.4 Å². The fraction of sp³-hybridized carbons (Fsp3) is 0.600. The van der Waals surface area contributed by atoms with Crippen molar-refractivity contribution in [3.05, 3.63) is 12.4 Å². The summed E-state index contributed by atoms with van der Waals surface area (Å²) < 4.78 is 1.53. The number of carboxylic acids is 1. The molecule has 0 fully saturated rings. The van der Waals surface area contributed by atoms with Gasteiger partial charge in [-0.2, -0.15) is 0 Å². The lowest BCUT2D eigenvalue weighted by Crippen LogP contribution is -2.50. The van der Waals surface area contributed by atoms with Gasteiger partial charge in [-0.15, -0.1) is 5.10 Å². The first-order valence-corrected chi connectivity index (χ1v) is 5.20. The first-order chi connectivity index (χ1) is 7.85. The molecule has 0 unspecified atom stereocenters. The molecule has 0 spiro atoms. The summed E-state index contributed by atoms with van der Waals surface area (Å²) in [7, 11) is 1.48. The molecule has 0 bridgehead atoms. The summed E-state index contributed by atoms with van der Waals surface area (Å²) in [6.45, 7) is 3.37. The third kappa shape index (κ3) is 3.02. The summed E-state index contributed by atoms with van der Waals surface area (Å²) in [5.41, 5.74) is -1.21. The highest BCUT2D eigenvalue weighted by Gasteiger charge is 2.34. The molecule has 1 rings (SSSR count). The van der Waals surface area contributed by atoms with Crippen LogP contribution >= 0.6 is 0 Å². The molecule has 17 heavy (non-hydrogen) atoms. The van der Waals surface area contributed by atoms with Gasteiger partial charge in [0.05, 0.1) is 12.7 Å². The molecule has 1 amide bonds. The molecule has 0 aliphatic rings. The molecule has 0 saturated carbocycles. The molecule has 0 radical (unpaired) electrons. The molecule has 1 N–H and O–H groups in total. The maximum atomic E-state index is 11.8. The molecule has 1 aromatic heterocycles. The van der Waals surface area contributed by atoms with E-state index in [1.54, 1.807) is 6.20 Å². The lowest BCUT2D eigenvalue weighted by molar-refractivity contribution is -0.155. The zero-order chi connectivity index (χ0) is 13.1. The number of aromatic nitrogens is 3. The van der Waals surface area contributed by atoms with E-state index >= 15 is 0 Å². The van der Waals surface area contributed by atoms with Gasteiger partial charge in [-0.1, -0.05) is 5.21 Å². The molecule has 94 valence electrons. The predicted octanol–water partition coefficient (Wildman–Crippen LogP) is -0.0102. The second-order valence-electron chi connectivity index (χ2n) is 4.23. The number of hydrogen-bond donors (Lipinski definition) is 1. The fourth-order valence-corrected chi connectivity index (χ4v) is 1.19. The standard InChI is InChI=1S/C10H16N4O3/c1-10(2,9(16)17)13(3)8(15)4-6-14-7-5-11-12-14/h5,7H,4,6H2,1-3H3,(H,16,17). The first-order valence-electron chi connectivity index (χ1n) is 5.20. The molecule has 0 atom stereocenters. The largest absolute Gasteiger partial charge is 0.480 e. The van der Waals surface area contributed by atoms with Crippen molar-refractivity contribution in [1.82, 2.24) is 19.9 Å². The van der Waals surface area contributed by atoms with Crippen LogP contribution in [0.5, 0.6) is 0 Å². The van der Waals surface area contributed by atoms with Crippen LogP contribution in [0.15, 0.2) is 12.4 Å². The predicted molar refractivity (Wildman–Crippen MR) is 59.1 cm³/mol. The van der Waals surface area contributed by atoms with Crippen LogP contribution in [0.3, 0.4) is 0 Å². The number of amides is 1. The van der Waals surface area contributed by atoms with Crippen LogP contribution in [0.4, 0.5) is 0 Å². The SMILES string of the molecule is CN(C(=O)CCn1ccnn1)C(C)(C)C(=O)O. The number of aliphatic carboxylic acids is 1. The van der Waals surface area contributed by atoms with Crippen molar-refractivity contribution in [3.63, 3.8) is 0 Å². The van der Waals surface area contributed by atoms with Gasteiger partial charge in [0.2, 0.25) is 5.91 Å². The molecule has 1 aromatic rings. The number of carboxylic acid groups (broad SMARTS) is 1. The van der Waals surface area contributed by atoms with Gasteiger partial charge in [0.25, 0.3) is 0 Å². The Morgan fingerprint density at radius 2 is 2.12 bits per heavy atom. The maximum Gasteiger partial charge on any atom is 0.329 e. The van der Waals surface area contributed by atoms with Gasteiger partial charge in [0.15, 0.2) is 0 Å². The van der Waals surface area contributed by atoms with Gasteiger partial charge >= 0.3 is 5.97 Å². The molecule has 0 aliphatic carbocycles. The summed E-state index contributed by atoms with van der Waals surface area (Å²) in [5.74, 6) is -1.28. The lowest BCUT2D eigenvalue weighted by atomic mass is 10.0. The summed E-state index contributed by atoms with van der Waals surface area (Å²) in [5, 5.41) is 16.3. The molecule has 7 nitrogen and oxygen atoms in total. The zero-order valence-electron chi connectivity index (χ0n) is 10.1. The second kappa shape index (κ2) is 4.94. The van der Waals surface area contributed by atoms with Crippen LogP contribution in [0.25, 0.3) is 0 Å². The van der Waals surface area contributed by atoms with Crippen molar-refractivity contribution in [2.75, 3.05) is 7.05 Å². The summed E-state index contributed by atoms with van der Waals surface area (Å²) >= 11 is 0. The highest BCUT2D eigenvalue weighted by molar-refractivity contribution is 5.86. The number of nitrogens with zero attached hydrogens (tertiary/aromatic N) is 4. The van der Waals surface area contributed by atoms with Crippen molar-refractivity contribution in [1.29, 1.82) is 0 Å². The minimum Gasteiger partial charge on any atom is -0.480 e.